The van der Waals surface area contributed by atoms with Crippen molar-refractivity contribution in [2.45, 2.75) is 23.5 Å². The molecule has 0 aliphatic rings. The largest absolute Gasteiger partial charge is 0.372 e. The van der Waals surface area contributed by atoms with Gasteiger partial charge >= 0.3 is 0 Å². The first-order valence-corrected chi connectivity index (χ1v) is 19.0. The summed E-state index contributed by atoms with van der Waals surface area (Å²) in [4.78, 5) is 18.2. The van der Waals surface area contributed by atoms with E-state index in [1.54, 1.807) is 12.4 Å². The van der Waals surface area contributed by atoms with Crippen LogP contribution < -0.4 is 0 Å². The maximum atomic E-state index is 6.40. The van der Waals surface area contributed by atoms with Crippen molar-refractivity contribution in [3.8, 4) is 45.0 Å². The third kappa shape index (κ3) is 6.83. The van der Waals surface area contributed by atoms with Gasteiger partial charge in [-0.25, -0.2) is 29.0 Å². The van der Waals surface area contributed by atoms with Crippen molar-refractivity contribution in [3.63, 3.8) is 0 Å². The molecule has 8 aromatic rings. The number of fused-ring (bicyclic) bond motifs is 2. The molecule has 0 atom stereocenters. The summed E-state index contributed by atoms with van der Waals surface area (Å²) in [5, 5.41) is 12.5. The highest BCUT2D eigenvalue weighted by atomic mass is 35.5. The van der Waals surface area contributed by atoms with E-state index in [1.807, 2.05) is 70.3 Å². The molecule has 9 nitrogen and oxygen atoms in total. The van der Waals surface area contributed by atoms with Crippen LogP contribution in [0.5, 0.6) is 0 Å². The highest BCUT2D eigenvalue weighted by Gasteiger charge is 2.20. The van der Waals surface area contributed by atoms with Gasteiger partial charge in [-0.2, -0.15) is 10.2 Å². The molecule has 13 heteroatoms. The van der Waals surface area contributed by atoms with Gasteiger partial charge in [0.1, 0.15) is 11.4 Å². The second kappa shape index (κ2) is 14.5. The first-order chi connectivity index (χ1) is 25.0. The lowest BCUT2D eigenvalue weighted by molar-refractivity contribution is 0.107. The Balaban J connectivity index is 0.998. The van der Waals surface area contributed by atoms with Crippen LogP contribution in [0.1, 0.15) is 11.1 Å². The maximum Gasteiger partial charge on any atom is 0.187 e. The van der Waals surface area contributed by atoms with E-state index in [0.717, 1.165) is 67.2 Å². The van der Waals surface area contributed by atoms with Gasteiger partial charge in [0.2, 0.25) is 0 Å². The van der Waals surface area contributed by atoms with Crippen molar-refractivity contribution in [1.82, 2.24) is 39.2 Å². The molecule has 252 valence electrons. The van der Waals surface area contributed by atoms with E-state index in [9.17, 15) is 0 Å². The van der Waals surface area contributed by atoms with Crippen molar-refractivity contribution in [3.05, 3.63) is 131 Å². The zero-order valence-corrected chi connectivity index (χ0v) is 30.5. The molecule has 0 saturated heterocycles. The molecular formula is C38H28Cl2N8OS2. The van der Waals surface area contributed by atoms with Crippen LogP contribution in [-0.4, -0.2) is 51.7 Å². The minimum absolute atomic E-state index is 0.460. The lowest BCUT2D eigenvalue weighted by Gasteiger charge is -2.08. The standard InChI is InChI=1S/C38H28Cl2N8OS2/c1-50-37-41-15-11-29(43-37)33-31-19-27(39)13-17-47(31)45-35(33)25-7-3-23(4-8-25)21-49-22-24-5-9-26(10-6-24)36-34(30-12-16-42-38(44-30)51-2)32-20-28(40)14-18-48(32)46-36/h3-20H,21-22H2,1-2H3. The van der Waals surface area contributed by atoms with Gasteiger partial charge in [0, 0.05) is 46.0 Å². The third-order valence-electron chi connectivity index (χ3n) is 8.33. The number of thioether (sulfide) groups is 2. The Morgan fingerprint density at radius 3 is 1.43 bits per heavy atom. The molecule has 0 aliphatic heterocycles. The van der Waals surface area contributed by atoms with Gasteiger partial charge in [0.15, 0.2) is 10.3 Å². The number of hydrogen-bond donors (Lipinski definition) is 0. The van der Waals surface area contributed by atoms with Gasteiger partial charge in [-0.3, -0.25) is 0 Å². The van der Waals surface area contributed by atoms with E-state index in [1.165, 1.54) is 23.5 Å². The molecule has 2 aromatic carbocycles. The fraction of sp³-hybridized carbons (Fsp3) is 0.105. The van der Waals surface area contributed by atoms with Crippen LogP contribution in [0, 0.1) is 0 Å². The minimum Gasteiger partial charge on any atom is -0.372 e. The number of nitrogens with zero attached hydrogens (tertiary/aromatic N) is 8. The number of halogens is 2. The quantitative estimate of drug-likeness (QED) is 0.100. The molecule has 0 aliphatic carbocycles. The highest BCUT2D eigenvalue weighted by molar-refractivity contribution is 7.98. The summed E-state index contributed by atoms with van der Waals surface area (Å²) >= 11 is 15.8. The van der Waals surface area contributed by atoms with Gasteiger partial charge < -0.3 is 4.74 Å². The van der Waals surface area contributed by atoms with Crippen molar-refractivity contribution in [1.29, 1.82) is 0 Å². The van der Waals surface area contributed by atoms with Crippen LogP contribution >= 0.6 is 46.7 Å². The molecule has 6 aromatic heterocycles. The third-order valence-corrected chi connectivity index (χ3v) is 9.92. The van der Waals surface area contributed by atoms with E-state index in [-0.39, 0.29) is 0 Å². The summed E-state index contributed by atoms with van der Waals surface area (Å²) in [7, 11) is 0. The molecule has 0 saturated carbocycles. The second-order valence-corrected chi connectivity index (χ2v) is 14.0. The first-order valence-electron chi connectivity index (χ1n) is 15.8. The first kappa shape index (κ1) is 33.4. The van der Waals surface area contributed by atoms with E-state index >= 15 is 0 Å². The molecule has 0 fully saturated rings. The molecule has 0 amide bonds. The van der Waals surface area contributed by atoms with Crippen LogP contribution in [0.4, 0.5) is 0 Å². The Morgan fingerprint density at radius 1 is 0.588 bits per heavy atom. The fourth-order valence-corrected chi connectivity index (χ4v) is 6.94. The van der Waals surface area contributed by atoms with Gasteiger partial charge in [-0.1, -0.05) is 95.3 Å². The lowest BCUT2D eigenvalue weighted by atomic mass is 10.0. The number of hydrogen-bond acceptors (Lipinski definition) is 9. The second-order valence-electron chi connectivity index (χ2n) is 11.5. The van der Waals surface area contributed by atoms with Crippen LogP contribution in [0.25, 0.3) is 56.1 Å². The lowest BCUT2D eigenvalue weighted by Crippen LogP contribution is -1.95. The van der Waals surface area contributed by atoms with Gasteiger partial charge in [0.05, 0.1) is 46.8 Å². The van der Waals surface area contributed by atoms with Crippen molar-refractivity contribution in [2.75, 3.05) is 12.5 Å². The Labute approximate surface area is 312 Å². The molecular weight excluding hydrogens is 720 g/mol. The minimum atomic E-state index is 0.460. The zero-order valence-electron chi connectivity index (χ0n) is 27.4. The van der Waals surface area contributed by atoms with Crippen molar-refractivity contribution in [2.24, 2.45) is 0 Å². The van der Waals surface area contributed by atoms with Crippen molar-refractivity contribution >= 4 is 57.8 Å². The Hall–Kier alpha value is -4.78. The average molecular weight is 748 g/mol. The van der Waals surface area contributed by atoms with E-state index in [0.29, 0.717) is 33.6 Å². The predicted octanol–water partition coefficient (Wildman–Crippen LogP) is 9.70. The Morgan fingerprint density at radius 2 is 1.02 bits per heavy atom. The summed E-state index contributed by atoms with van der Waals surface area (Å²) in [6, 6.07) is 27.8. The zero-order chi connectivity index (χ0) is 34.9. The van der Waals surface area contributed by atoms with Gasteiger partial charge in [-0.05, 0) is 60.0 Å². The molecule has 0 N–H and O–H groups in total. The predicted molar refractivity (Wildman–Crippen MR) is 205 cm³/mol. The van der Waals surface area contributed by atoms with E-state index in [4.69, 9.17) is 48.1 Å². The van der Waals surface area contributed by atoms with Gasteiger partial charge in [0.25, 0.3) is 0 Å². The van der Waals surface area contributed by atoms with E-state index < -0.39 is 0 Å². The average Bonchev–Trinajstić information content (AvgIpc) is 3.74. The topological polar surface area (TPSA) is 95.4 Å². The van der Waals surface area contributed by atoms with Crippen LogP contribution in [0.3, 0.4) is 0 Å². The number of benzene rings is 2. The molecule has 51 heavy (non-hydrogen) atoms. The summed E-state index contributed by atoms with van der Waals surface area (Å²) in [5.74, 6) is 0. The van der Waals surface area contributed by atoms with E-state index in [2.05, 4.69) is 58.5 Å². The fourth-order valence-electron chi connectivity index (χ4n) is 5.91. The number of pyridine rings is 2. The van der Waals surface area contributed by atoms with Crippen LogP contribution in [-0.2, 0) is 18.0 Å². The number of aromatic nitrogens is 8. The summed E-state index contributed by atoms with van der Waals surface area (Å²) in [6.45, 7) is 0.920. The Kier molecular flexibility index (Phi) is 9.46. The number of ether oxygens (including phenoxy) is 1. The molecule has 0 radical (unpaired) electrons. The summed E-state index contributed by atoms with van der Waals surface area (Å²) < 4.78 is 9.82. The molecule has 8 rings (SSSR count). The summed E-state index contributed by atoms with van der Waals surface area (Å²) in [6.07, 6.45) is 11.2. The highest BCUT2D eigenvalue weighted by Crippen LogP contribution is 2.37. The van der Waals surface area contributed by atoms with Crippen molar-refractivity contribution < 1.29 is 4.74 Å². The molecule has 0 bridgehead atoms. The molecule has 0 spiro atoms. The molecule has 0 unspecified atom stereocenters. The van der Waals surface area contributed by atoms with Crippen LogP contribution in [0.15, 0.2) is 120 Å². The van der Waals surface area contributed by atoms with Crippen LogP contribution in [0.2, 0.25) is 10.0 Å². The van der Waals surface area contributed by atoms with Gasteiger partial charge in [-0.15, -0.1) is 0 Å². The maximum absolute atomic E-state index is 6.40. The smallest absolute Gasteiger partial charge is 0.187 e. The number of rotatable bonds is 10. The Bertz CT molecular complexity index is 2350. The summed E-state index contributed by atoms with van der Waals surface area (Å²) in [5.41, 5.74) is 10.8. The monoisotopic (exact) mass is 746 g/mol. The SMILES string of the molecule is CSc1nccc(-c2c(-c3ccc(COCc4ccc(-c5nn6ccc(Cl)cc6c5-c5ccnc(SC)n5)cc4)cc3)nn3ccc(Cl)cc23)n1. The molecule has 6 heterocycles. The normalized spacial score (nSPS) is 11.5.